The molecular formula is C35H15F8N5O2S. The fourth-order valence-electron chi connectivity index (χ4n) is 6.09. The average molecular weight is 722 g/mol. The van der Waals surface area contributed by atoms with Gasteiger partial charge in [0.25, 0.3) is 0 Å². The van der Waals surface area contributed by atoms with Crippen molar-refractivity contribution in [3.63, 3.8) is 0 Å². The highest BCUT2D eigenvalue weighted by atomic mass is 32.1. The van der Waals surface area contributed by atoms with Crippen LogP contribution in [-0.4, -0.2) is 24.9 Å². The monoisotopic (exact) mass is 721 g/mol. The Labute approximate surface area is 282 Å². The molecule has 0 fully saturated rings. The van der Waals surface area contributed by atoms with E-state index < -0.39 is 68.2 Å². The summed E-state index contributed by atoms with van der Waals surface area (Å²) in [6, 6.07) is 11.1. The van der Waals surface area contributed by atoms with Crippen LogP contribution in [0.1, 0.15) is 11.4 Å². The lowest BCUT2D eigenvalue weighted by molar-refractivity contribution is -0.380. The lowest BCUT2D eigenvalue weighted by Gasteiger charge is -2.09. The number of halogens is 8. The van der Waals surface area contributed by atoms with E-state index in [0.717, 1.165) is 11.3 Å². The molecule has 0 atom stereocenters. The molecule has 0 aliphatic carbocycles. The van der Waals surface area contributed by atoms with Crippen molar-refractivity contribution in [2.45, 2.75) is 0 Å². The molecule has 8 rings (SSSR count). The molecule has 0 spiro atoms. The SMILES string of the molecule is O=[N+]([O-])c1ccc(-c2c3ccc([nH]3)c(-c3c(F)c(F)cc(F)c3F)c3nc(c4ccc([nH]4)c(-c4c(F)c(F)cc(F)c4F)c4ccc2[nH]4)C=C3)s1. The first-order chi connectivity index (χ1) is 24.4. The van der Waals surface area contributed by atoms with E-state index in [1.165, 1.54) is 60.7 Å². The highest BCUT2D eigenvalue weighted by molar-refractivity contribution is 7.18. The molecule has 7 aromatic rings. The summed E-state index contributed by atoms with van der Waals surface area (Å²) < 4.78 is 120. The zero-order valence-corrected chi connectivity index (χ0v) is 25.9. The largest absolute Gasteiger partial charge is 0.354 e. The predicted octanol–water partition coefficient (Wildman–Crippen LogP) is 10.8. The lowest BCUT2D eigenvalue weighted by Crippen LogP contribution is -2.00. The highest BCUT2D eigenvalue weighted by Crippen LogP contribution is 2.41. The van der Waals surface area contributed by atoms with Crippen LogP contribution < -0.4 is 0 Å². The van der Waals surface area contributed by atoms with Gasteiger partial charge in [-0.25, -0.2) is 40.1 Å². The van der Waals surface area contributed by atoms with Crippen LogP contribution in [0.25, 0.3) is 77.9 Å². The second-order valence-electron chi connectivity index (χ2n) is 11.3. The fraction of sp³-hybridized carbons (Fsp3) is 0. The molecule has 0 amide bonds. The quantitative estimate of drug-likeness (QED) is 0.0729. The Bertz CT molecular complexity index is 2750. The second-order valence-corrected chi connectivity index (χ2v) is 12.3. The van der Waals surface area contributed by atoms with E-state index in [4.69, 9.17) is 0 Å². The first-order valence-electron chi connectivity index (χ1n) is 14.7. The van der Waals surface area contributed by atoms with Crippen LogP contribution in [0.2, 0.25) is 0 Å². The Hall–Kier alpha value is -6.29. The Morgan fingerprint density at radius 1 is 0.510 bits per heavy atom. The summed E-state index contributed by atoms with van der Waals surface area (Å²) in [6.07, 6.45) is 2.71. The summed E-state index contributed by atoms with van der Waals surface area (Å²) in [5, 5.41) is 11.4. The number of H-pyrrole nitrogens is 3. The number of benzene rings is 2. The lowest BCUT2D eigenvalue weighted by atomic mass is 10.0. The molecular weight excluding hydrogens is 706 g/mol. The minimum atomic E-state index is -1.71. The van der Waals surface area contributed by atoms with Gasteiger partial charge in [-0.1, -0.05) is 11.3 Å². The van der Waals surface area contributed by atoms with E-state index in [0.29, 0.717) is 0 Å². The third-order valence-electron chi connectivity index (χ3n) is 8.32. The van der Waals surface area contributed by atoms with Gasteiger partial charge in [0, 0.05) is 67.4 Å². The number of nitrogens with one attached hydrogen (secondary N) is 3. The number of aromatic nitrogens is 4. The summed E-state index contributed by atoms with van der Waals surface area (Å²) in [6.45, 7) is 0. The van der Waals surface area contributed by atoms with Crippen molar-refractivity contribution in [3.05, 3.63) is 129 Å². The third-order valence-corrected chi connectivity index (χ3v) is 9.37. The minimum Gasteiger partial charge on any atom is -0.354 e. The summed E-state index contributed by atoms with van der Waals surface area (Å²) >= 11 is 0.740. The molecule has 0 radical (unpaired) electrons. The molecule has 0 unspecified atom stereocenters. The highest BCUT2D eigenvalue weighted by Gasteiger charge is 2.27. The van der Waals surface area contributed by atoms with E-state index in [-0.39, 0.29) is 77.6 Å². The number of fused-ring (bicyclic) bond motifs is 9. The molecule has 8 bridgehead atoms. The van der Waals surface area contributed by atoms with Crippen molar-refractivity contribution in [1.82, 2.24) is 19.9 Å². The summed E-state index contributed by atoms with van der Waals surface area (Å²) in [4.78, 5) is 24.6. The van der Waals surface area contributed by atoms with Gasteiger partial charge in [0.15, 0.2) is 46.5 Å². The molecule has 0 saturated heterocycles. The maximum atomic E-state index is 15.4. The topological polar surface area (TPSA) is 103 Å². The van der Waals surface area contributed by atoms with Crippen molar-refractivity contribution in [2.75, 3.05) is 0 Å². The van der Waals surface area contributed by atoms with Crippen molar-refractivity contribution in [2.24, 2.45) is 0 Å². The van der Waals surface area contributed by atoms with Crippen molar-refractivity contribution < 1.29 is 40.0 Å². The number of nitrogens with zero attached hydrogens (tertiary/aromatic N) is 2. The van der Waals surface area contributed by atoms with Gasteiger partial charge >= 0.3 is 5.00 Å². The average Bonchev–Trinajstić information content (AvgIpc) is 3.94. The van der Waals surface area contributed by atoms with Gasteiger partial charge in [-0.2, -0.15) is 0 Å². The van der Waals surface area contributed by atoms with Crippen molar-refractivity contribution in [3.8, 4) is 32.7 Å². The van der Waals surface area contributed by atoms with E-state index in [2.05, 4.69) is 19.9 Å². The van der Waals surface area contributed by atoms with Crippen LogP contribution >= 0.6 is 11.3 Å². The molecule has 1 aliphatic heterocycles. The van der Waals surface area contributed by atoms with E-state index in [1.807, 2.05) is 0 Å². The fourth-order valence-corrected chi connectivity index (χ4v) is 6.98. The van der Waals surface area contributed by atoms with Crippen LogP contribution in [0.15, 0.2) is 60.7 Å². The minimum absolute atomic E-state index is 0.0470. The van der Waals surface area contributed by atoms with Gasteiger partial charge < -0.3 is 15.0 Å². The second kappa shape index (κ2) is 11.7. The Kier molecular flexibility index (Phi) is 7.30. The molecule has 51 heavy (non-hydrogen) atoms. The zero-order valence-electron chi connectivity index (χ0n) is 25.1. The van der Waals surface area contributed by atoms with Crippen LogP contribution in [0.5, 0.6) is 0 Å². The smallest absolute Gasteiger partial charge is 0.324 e. The third kappa shape index (κ3) is 5.05. The maximum absolute atomic E-state index is 15.4. The summed E-state index contributed by atoms with van der Waals surface area (Å²) in [5.74, 6) is -13.5. The normalized spacial score (nSPS) is 12.0. The van der Waals surface area contributed by atoms with Gasteiger partial charge in [-0.15, -0.1) is 0 Å². The predicted molar refractivity (Wildman–Crippen MR) is 176 cm³/mol. The van der Waals surface area contributed by atoms with Gasteiger partial charge in [-0.05, 0) is 54.6 Å². The molecule has 1 aliphatic rings. The van der Waals surface area contributed by atoms with Crippen molar-refractivity contribution >= 4 is 61.6 Å². The number of aromatic amines is 3. The van der Waals surface area contributed by atoms with E-state index >= 15 is 17.6 Å². The van der Waals surface area contributed by atoms with Gasteiger partial charge in [-0.3, -0.25) is 10.1 Å². The Morgan fingerprint density at radius 3 is 1.41 bits per heavy atom. The number of hydrogen-bond donors (Lipinski definition) is 3. The maximum Gasteiger partial charge on any atom is 0.324 e. The number of thiophene rings is 1. The molecule has 3 N–H and O–H groups in total. The molecule has 16 heteroatoms. The number of rotatable bonds is 4. The van der Waals surface area contributed by atoms with Gasteiger partial charge in [0.1, 0.15) is 0 Å². The van der Waals surface area contributed by atoms with Crippen LogP contribution in [0.4, 0.5) is 40.1 Å². The van der Waals surface area contributed by atoms with Crippen LogP contribution in [0.3, 0.4) is 0 Å². The molecule has 2 aromatic carbocycles. The van der Waals surface area contributed by atoms with Gasteiger partial charge in [0.05, 0.1) is 33.0 Å². The van der Waals surface area contributed by atoms with Crippen LogP contribution in [-0.2, 0) is 0 Å². The first kappa shape index (κ1) is 31.9. The number of nitro groups is 1. The molecule has 7 nitrogen and oxygen atoms in total. The molecule has 5 aromatic heterocycles. The van der Waals surface area contributed by atoms with Crippen molar-refractivity contribution in [1.29, 1.82) is 0 Å². The van der Waals surface area contributed by atoms with Gasteiger partial charge in [0.2, 0.25) is 0 Å². The number of hydrogen-bond acceptors (Lipinski definition) is 4. The van der Waals surface area contributed by atoms with Crippen LogP contribution in [0, 0.1) is 56.7 Å². The van der Waals surface area contributed by atoms with E-state index in [1.54, 1.807) is 0 Å². The first-order valence-corrected chi connectivity index (χ1v) is 15.5. The standard InChI is InChI=1S/C35H15F8N5O2S/c36-13-11-14(37)33(41)30(32(13)40)28-21-3-1-17(44-21)18-2-4-22(45-18)29(31-34(42)15(38)12-16(39)35(31)43)24-8-6-20(47-24)27(19-5-7-23(28)46-19)25-9-10-26(51-25)48(49)50/h1-12,44,46-47H. The Morgan fingerprint density at radius 2 is 0.922 bits per heavy atom. The molecule has 254 valence electrons. The molecule has 6 heterocycles. The summed E-state index contributed by atoms with van der Waals surface area (Å²) in [7, 11) is 0. The Balaban J connectivity index is 1.60. The van der Waals surface area contributed by atoms with E-state index in [9.17, 15) is 27.7 Å². The summed E-state index contributed by atoms with van der Waals surface area (Å²) in [5.41, 5.74) is -2.41. The zero-order chi connectivity index (χ0) is 35.9. The molecule has 0 saturated carbocycles.